The maximum atomic E-state index is 13.8. The van der Waals surface area contributed by atoms with Gasteiger partial charge in [-0.2, -0.15) is 5.10 Å². The van der Waals surface area contributed by atoms with Crippen molar-refractivity contribution in [1.29, 1.82) is 0 Å². The minimum atomic E-state index is -4.13. The van der Waals surface area contributed by atoms with Crippen molar-refractivity contribution in [2.75, 3.05) is 6.61 Å². The molecule has 1 aromatic heterocycles. The van der Waals surface area contributed by atoms with Crippen LogP contribution in [0.15, 0.2) is 29.4 Å². The molecule has 1 saturated heterocycles. The lowest BCUT2D eigenvalue weighted by atomic mass is 10.1. The van der Waals surface area contributed by atoms with E-state index in [1.54, 1.807) is 0 Å². The predicted octanol–water partition coefficient (Wildman–Crippen LogP) is 1.41. The SMILES string of the molecule is O=S(=O)(N[C@H]1CCO[C@H]1c1ncn[nH]1)c1c(F)cccc1Cl. The van der Waals surface area contributed by atoms with E-state index in [-0.39, 0.29) is 5.02 Å². The number of nitrogens with zero attached hydrogens (tertiary/aromatic N) is 2. The summed E-state index contributed by atoms with van der Waals surface area (Å²) >= 11 is 5.82. The maximum Gasteiger partial charge on any atom is 0.245 e. The highest BCUT2D eigenvalue weighted by Gasteiger charge is 2.36. The number of rotatable bonds is 4. The zero-order chi connectivity index (χ0) is 15.7. The second-order valence-corrected chi connectivity index (χ2v) is 6.79. The van der Waals surface area contributed by atoms with Crippen LogP contribution in [-0.2, 0) is 14.8 Å². The first-order valence-corrected chi connectivity index (χ1v) is 8.28. The molecular formula is C12H12ClFN4O3S. The molecule has 10 heteroatoms. The summed E-state index contributed by atoms with van der Waals surface area (Å²) in [6.45, 7) is 0.351. The molecule has 0 bridgehead atoms. The highest BCUT2D eigenvalue weighted by molar-refractivity contribution is 7.89. The Labute approximate surface area is 130 Å². The van der Waals surface area contributed by atoms with Gasteiger partial charge in [0.15, 0.2) is 5.82 Å². The Balaban J connectivity index is 1.88. The zero-order valence-corrected chi connectivity index (χ0v) is 12.7. The van der Waals surface area contributed by atoms with Crippen molar-refractivity contribution in [2.45, 2.75) is 23.5 Å². The van der Waals surface area contributed by atoms with Gasteiger partial charge in [0.1, 0.15) is 23.1 Å². The minimum absolute atomic E-state index is 0.178. The average molecular weight is 347 g/mol. The topological polar surface area (TPSA) is 97.0 Å². The van der Waals surface area contributed by atoms with Crippen molar-refractivity contribution in [3.05, 3.63) is 41.2 Å². The molecule has 7 nitrogen and oxygen atoms in total. The predicted molar refractivity (Wildman–Crippen MR) is 75.2 cm³/mol. The lowest BCUT2D eigenvalue weighted by Gasteiger charge is -2.18. The first kappa shape index (κ1) is 15.3. The molecule has 2 heterocycles. The van der Waals surface area contributed by atoms with Crippen molar-refractivity contribution in [1.82, 2.24) is 19.9 Å². The molecular weight excluding hydrogens is 335 g/mol. The van der Waals surface area contributed by atoms with Crippen LogP contribution in [0.4, 0.5) is 4.39 Å². The fraction of sp³-hybridized carbons (Fsp3) is 0.333. The molecule has 118 valence electrons. The van der Waals surface area contributed by atoms with E-state index in [1.807, 2.05) is 0 Å². The van der Waals surface area contributed by atoms with Crippen LogP contribution in [0, 0.1) is 5.82 Å². The number of sulfonamides is 1. The average Bonchev–Trinajstić information content (AvgIpc) is 3.07. The molecule has 1 aliphatic rings. The monoisotopic (exact) mass is 346 g/mol. The molecule has 1 fully saturated rings. The van der Waals surface area contributed by atoms with Crippen LogP contribution < -0.4 is 4.72 Å². The number of halogens is 2. The fourth-order valence-corrected chi connectivity index (χ4v) is 4.20. The van der Waals surface area contributed by atoms with Gasteiger partial charge in [0.25, 0.3) is 0 Å². The second-order valence-electron chi connectivity index (χ2n) is 4.73. The third-order valence-corrected chi connectivity index (χ3v) is 5.28. The number of ether oxygens (including phenoxy) is 1. The highest BCUT2D eigenvalue weighted by Crippen LogP contribution is 2.30. The van der Waals surface area contributed by atoms with Crippen LogP contribution in [0.25, 0.3) is 0 Å². The van der Waals surface area contributed by atoms with E-state index in [0.717, 1.165) is 6.07 Å². The van der Waals surface area contributed by atoms with Gasteiger partial charge >= 0.3 is 0 Å². The summed E-state index contributed by atoms with van der Waals surface area (Å²) in [7, 11) is -4.13. The Hall–Kier alpha value is -1.55. The van der Waals surface area contributed by atoms with Gasteiger partial charge in [-0.3, -0.25) is 5.10 Å². The van der Waals surface area contributed by atoms with Gasteiger partial charge in [0.05, 0.1) is 11.1 Å². The number of aromatic nitrogens is 3. The van der Waals surface area contributed by atoms with E-state index in [0.29, 0.717) is 18.9 Å². The second kappa shape index (κ2) is 5.92. The van der Waals surface area contributed by atoms with E-state index < -0.39 is 32.9 Å². The van der Waals surface area contributed by atoms with E-state index in [4.69, 9.17) is 16.3 Å². The Bertz CT molecular complexity index is 748. The van der Waals surface area contributed by atoms with Crippen molar-refractivity contribution in [3.8, 4) is 0 Å². The third kappa shape index (κ3) is 2.84. The van der Waals surface area contributed by atoms with Crippen molar-refractivity contribution in [2.24, 2.45) is 0 Å². The Kier molecular flexibility index (Phi) is 4.13. The standard InChI is InChI=1S/C12H12ClFN4O3S/c13-7-2-1-3-8(14)11(7)22(19,20)18-9-4-5-21-10(9)12-15-6-16-17-12/h1-3,6,9-10,18H,4-5H2,(H,15,16,17)/t9-,10+/m0/s1. The highest BCUT2D eigenvalue weighted by atomic mass is 35.5. The van der Waals surface area contributed by atoms with Gasteiger partial charge in [0, 0.05) is 6.61 Å². The first-order chi connectivity index (χ1) is 10.5. The Morgan fingerprint density at radius 1 is 1.45 bits per heavy atom. The molecule has 0 aliphatic carbocycles. The molecule has 2 aromatic rings. The van der Waals surface area contributed by atoms with Gasteiger partial charge < -0.3 is 4.74 Å². The number of benzene rings is 1. The third-order valence-electron chi connectivity index (χ3n) is 3.29. The number of aromatic amines is 1. The molecule has 1 aliphatic heterocycles. The van der Waals surface area contributed by atoms with Gasteiger partial charge in [0.2, 0.25) is 10.0 Å². The van der Waals surface area contributed by atoms with E-state index in [1.165, 1.54) is 18.5 Å². The molecule has 0 unspecified atom stereocenters. The lowest BCUT2D eigenvalue weighted by molar-refractivity contribution is 0.0957. The first-order valence-electron chi connectivity index (χ1n) is 6.42. The summed E-state index contributed by atoms with van der Waals surface area (Å²) in [6, 6.07) is 3.11. The van der Waals surface area contributed by atoms with Gasteiger partial charge in [-0.05, 0) is 18.6 Å². The van der Waals surface area contributed by atoms with Crippen LogP contribution in [-0.4, -0.2) is 36.2 Å². The van der Waals surface area contributed by atoms with Gasteiger partial charge in [-0.1, -0.05) is 17.7 Å². The summed E-state index contributed by atoms with van der Waals surface area (Å²) < 4.78 is 46.5. The Morgan fingerprint density at radius 3 is 2.95 bits per heavy atom. The smallest absolute Gasteiger partial charge is 0.245 e. The van der Waals surface area contributed by atoms with Crippen LogP contribution in [0.3, 0.4) is 0 Å². The quantitative estimate of drug-likeness (QED) is 0.872. The molecule has 1 aromatic carbocycles. The maximum absolute atomic E-state index is 13.8. The number of nitrogens with one attached hydrogen (secondary N) is 2. The van der Waals surface area contributed by atoms with Crippen LogP contribution in [0.5, 0.6) is 0 Å². The molecule has 0 amide bonds. The van der Waals surface area contributed by atoms with E-state index in [2.05, 4.69) is 19.9 Å². The van der Waals surface area contributed by atoms with Gasteiger partial charge in [-0.15, -0.1) is 0 Å². The normalized spacial score (nSPS) is 22.1. The van der Waals surface area contributed by atoms with Crippen molar-refractivity contribution in [3.63, 3.8) is 0 Å². The number of hydrogen-bond acceptors (Lipinski definition) is 5. The molecule has 3 rings (SSSR count). The summed E-state index contributed by atoms with van der Waals surface area (Å²) in [6.07, 6.45) is 1.12. The lowest BCUT2D eigenvalue weighted by Crippen LogP contribution is -2.37. The summed E-state index contributed by atoms with van der Waals surface area (Å²) in [5.41, 5.74) is 0. The van der Waals surface area contributed by atoms with Crippen molar-refractivity contribution < 1.29 is 17.5 Å². The fourth-order valence-electron chi connectivity index (χ4n) is 2.33. The van der Waals surface area contributed by atoms with Crippen LogP contribution in [0.1, 0.15) is 18.3 Å². The molecule has 0 spiro atoms. The summed E-state index contributed by atoms with van der Waals surface area (Å²) in [5.74, 6) is -0.500. The Morgan fingerprint density at radius 2 is 2.27 bits per heavy atom. The zero-order valence-electron chi connectivity index (χ0n) is 11.2. The van der Waals surface area contributed by atoms with Crippen molar-refractivity contribution >= 4 is 21.6 Å². The van der Waals surface area contributed by atoms with Crippen LogP contribution in [0.2, 0.25) is 5.02 Å². The molecule has 22 heavy (non-hydrogen) atoms. The molecule has 0 saturated carbocycles. The van der Waals surface area contributed by atoms with Crippen LogP contribution >= 0.6 is 11.6 Å². The largest absolute Gasteiger partial charge is 0.368 e. The summed E-state index contributed by atoms with van der Waals surface area (Å²) in [4.78, 5) is 3.39. The minimum Gasteiger partial charge on any atom is -0.368 e. The summed E-state index contributed by atoms with van der Waals surface area (Å²) in [5, 5.41) is 6.17. The number of hydrogen-bond donors (Lipinski definition) is 2. The van der Waals surface area contributed by atoms with Gasteiger partial charge in [-0.25, -0.2) is 22.5 Å². The molecule has 2 N–H and O–H groups in total. The van der Waals surface area contributed by atoms with E-state index >= 15 is 0 Å². The number of H-pyrrole nitrogens is 1. The molecule has 2 atom stereocenters. The van der Waals surface area contributed by atoms with E-state index in [9.17, 15) is 12.8 Å². The molecule has 0 radical (unpaired) electrons.